The van der Waals surface area contributed by atoms with Crippen LogP contribution in [0, 0.1) is 5.92 Å². The first-order valence-corrected chi connectivity index (χ1v) is 12.0. The first-order chi connectivity index (χ1) is 13.5. The number of benzene rings is 2. The van der Waals surface area contributed by atoms with Crippen LogP contribution in [0.2, 0.25) is 0 Å². The second-order valence-electron chi connectivity index (χ2n) is 6.58. The minimum Gasteiger partial charge on any atom is -0.464 e. The van der Waals surface area contributed by atoms with Gasteiger partial charge in [0.1, 0.15) is 6.54 Å². The van der Waals surface area contributed by atoms with Gasteiger partial charge >= 0.3 is 5.97 Å². The van der Waals surface area contributed by atoms with Gasteiger partial charge in [0.05, 0.1) is 16.4 Å². The van der Waals surface area contributed by atoms with Gasteiger partial charge in [0.15, 0.2) is 0 Å². The molecule has 0 aliphatic carbocycles. The van der Waals surface area contributed by atoms with Crippen molar-refractivity contribution in [3.05, 3.63) is 50.9 Å². The average Bonchev–Trinajstić information content (AvgIpc) is 2.63. The molecule has 0 aromatic heterocycles. The first kappa shape index (κ1) is 23.9. The molecule has 1 amide bonds. The summed E-state index contributed by atoms with van der Waals surface area (Å²) in [5.74, 6) is -0.970. The van der Waals surface area contributed by atoms with E-state index in [1.165, 1.54) is 30.3 Å². The van der Waals surface area contributed by atoms with E-state index in [-0.39, 0.29) is 34.4 Å². The van der Waals surface area contributed by atoms with Gasteiger partial charge in [0, 0.05) is 19.4 Å². The standard InChI is InChI=1S/C19H19Br2NO5S2/c1-11(2)10-27-18(23)9-22-19(24)12-3-13(20)6-16(4-12)29(25,26)17-7-14(21)5-15(28)8-17/h3-8,11,28H,9-10H2,1-2H3,(H,22,24). The van der Waals surface area contributed by atoms with Crippen LogP contribution in [0.1, 0.15) is 24.2 Å². The van der Waals surface area contributed by atoms with Crippen molar-refractivity contribution in [2.75, 3.05) is 13.2 Å². The number of rotatable bonds is 7. The van der Waals surface area contributed by atoms with Gasteiger partial charge in [-0.15, -0.1) is 12.6 Å². The number of sulfone groups is 1. The molecular weight excluding hydrogens is 546 g/mol. The summed E-state index contributed by atoms with van der Waals surface area (Å²) in [6.07, 6.45) is 0. The number of carbonyl (C=O) groups excluding carboxylic acids is 2. The van der Waals surface area contributed by atoms with Crippen molar-refractivity contribution in [2.24, 2.45) is 5.92 Å². The maximum atomic E-state index is 13.0. The molecule has 1 N–H and O–H groups in total. The Balaban J connectivity index is 2.25. The molecule has 0 aliphatic rings. The fourth-order valence-corrected chi connectivity index (χ4v) is 5.49. The van der Waals surface area contributed by atoms with E-state index in [4.69, 9.17) is 4.74 Å². The van der Waals surface area contributed by atoms with Crippen molar-refractivity contribution in [3.63, 3.8) is 0 Å². The van der Waals surface area contributed by atoms with E-state index >= 15 is 0 Å². The Hall–Kier alpha value is -1.36. The number of hydrogen-bond acceptors (Lipinski definition) is 6. The zero-order chi connectivity index (χ0) is 21.8. The summed E-state index contributed by atoms with van der Waals surface area (Å²) in [4.78, 5) is 24.5. The van der Waals surface area contributed by atoms with Crippen molar-refractivity contribution in [1.29, 1.82) is 0 Å². The number of halogens is 2. The van der Waals surface area contributed by atoms with Crippen LogP contribution in [0.15, 0.2) is 60.0 Å². The fourth-order valence-electron chi connectivity index (χ4n) is 2.25. The van der Waals surface area contributed by atoms with Crippen LogP contribution >= 0.6 is 44.5 Å². The quantitative estimate of drug-likeness (QED) is 0.387. The molecular formula is C19H19Br2NO5S2. The van der Waals surface area contributed by atoms with Gasteiger partial charge in [0.2, 0.25) is 9.84 Å². The molecule has 156 valence electrons. The number of esters is 1. The van der Waals surface area contributed by atoms with Gasteiger partial charge in [-0.1, -0.05) is 45.7 Å². The van der Waals surface area contributed by atoms with E-state index in [0.29, 0.717) is 13.8 Å². The molecule has 6 nitrogen and oxygen atoms in total. The Morgan fingerprint density at radius 1 is 1.03 bits per heavy atom. The zero-order valence-electron chi connectivity index (χ0n) is 15.6. The molecule has 29 heavy (non-hydrogen) atoms. The summed E-state index contributed by atoms with van der Waals surface area (Å²) in [5, 5.41) is 2.44. The summed E-state index contributed by atoms with van der Waals surface area (Å²) in [5.41, 5.74) is 0.0932. The van der Waals surface area contributed by atoms with Crippen LogP contribution in [-0.2, 0) is 19.4 Å². The third-order valence-corrected chi connectivity index (χ3v) is 6.47. The highest BCUT2D eigenvalue weighted by Crippen LogP contribution is 2.29. The molecule has 0 heterocycles. The van der Waals surface area contributed by atoms with Gasteiger partial charge in [-0.2, -0.15) is 0 Å². The molecule has 0 bridgehead atoms. The van der Waals surface area contributed by atoms with Crippen molar-refractivity contribution in [2.45, 2.75) is 28.5 Å². The first-order valence-electron chi connectivity index (χ1n) is 8.48. The van der Waals surface area contributed by atoms with Crippen LogP contribution in [0.4, 0.5) is 0 Å². The maximum Gasteiger partial charge on any atom is 0.325 e. The highest BCUT2D eigenvalue weighted by Gasteiger charge is 2.21. The highest BCUT2D eigenvalue weighted by molar-refractivity contribution is 9.10. The zero-order valence-corrected chi connectivity index (χ0v) is 20.5. The molecule has 0 unspecified atom stereocenters. The molecule has 2 aromatic rings. The van der Waals surface area contributed by atoms with Crippen molar-refractivity contribution < 1.29 is 22.7 Å². The molecule has 2 aromatic carbocycles. The van der Waals surface area contributed by atoms with Crippen molar-refractivity contribution in [1.82, 2.24) is 5.32 Å². The monoisotopic (exact) mass is 563 g/mol. The van der Waals surface area contributed by atoms with Gasteiger partial charge in [-0.05, 0) is 42.3 Å². The summed E-state index contributed by atoms with van der Waals surface area (Å²) in [6, 6.07) is 8.68. The number of nitrogens with one attached hydrogen (secondary N) is 1. The topological polar surface area (TPSA) is 89.5 Å². The van der Waals surface area contributed by atoms with E-state index in [9.17, 15) is 18.0 Å². The molecule has 0 atom stereocenters. The Bertz CT molecular complexity index is 1020. The Labute approximate surface area is 192 Å². The molecule has 0 aliphatic heterocycles. The normalized spacial score (nSPS) is 11.4. The van der Waals surface area contributed by atoms with Crippen LogP contribution < -0.4 is 5.32 Å². The molecule has 0 spiro atoms. The fraction of sp³-hybridized carbons (Fsp3) is 0.263. The lowest BCUT2D eigenvalue weighted by molar-refractivity contribution is -0.143. The largest absolute Gasteiger partial charge is 0.464 e. The molecule has 0 fully saturated rings. The van der Waals surface area contributed by atoms with Crippen LogP contribution in [0.5, 0.6) is 0 Å². The molecule has 0 saturated heterocycles. The van der Waals surface area contributed by atoms with Crippen LogP contribution in [0.3, 0.4) is 0 Å². The van der Waals surface area contributed by atoms with E-state index < -0.39 is 21.7 Å². The van der Waals surface area contributed by atoms with Gasteiger partial charge in [-0.25, -0.2) is 8.42 Å². The van der Waals surface area contributed by atoms with E-state index in [1.54, 1.807) is 6.07 Å². The average molecular weight is 565 g/mol. The molecule has 0 radical (unpaired) electrons. The Kier molecular flexibility index (Phi) is 8.33. The van der Waals surface area contributed by atoms with Gasteiger partial charge < -0.3 is 10.1 Å². The van der Waals surface area contributed by atoms with Crippen molar-refractivity contribution >= 4 is 66.2 Å². The van der Waals surface area contributed by atoms with Crippen LogP contribution in [0.25, 0.3) is 0 Å². The number of ether oxygens (including phenoxy) is 1. The summed E-state index contributed by atoms with van der Waals surface area (Å²) >= 11 is 10.7. The molecule has 2 rings (SSSR count). The van der Waals surface area contributed by atoms with E-state index in [0.717, 1.165) is 0 Å². The predicted molar refractivity (Wildman–Crippen MR) is 119 cm³/mol. The predicted octanol–water partition coefficient (Wildman–Crippen LogP) is 4.26. The number of hydrogen-bond donors (Lipinski definition) is 2. The third-order valence-electron chi connectivity index (χ3n) is 3.58. The summed E-state index contributed by atoms with van der Waals surface area (Å²) in [6.45, 7) is 3.75. The van der Waals surface area contributed by atoms with Crippen molar-refractivity contribution in [3.8, 4) is 0 Å². The maximum absolute atomic E-state index is 13.0. The van der Waals surface area contributed by atoms with Gasteiger partial charge in [-0.3, -0.25) is 9.59 Å². The van der Waals surface area contributed by atoms with E-state index in [2.05, 4.69) is 49.8 Å². The second-order valence-corrected chi connectivity index (χ2v) is 10.9. The smallest absolute Gasteiger partial charge is 0.325 e. The summed E-state index contributed by atoms with van der Waals surface area (Å²) < 4.78 is 32.0. The Morgan fingerprint density at radius 2 is 1.62 bits per heavy atom. The SMILES string of the molecule is CC(C)COC(=O)CNC(=O)c1cc(Br)cc(S(=O)(=O)c2cc(S)cc(Br)c2)c1. The van der Waals surface area contributed by atoms with Crippen LogP contribution in [-0.4, -0.2) is 33.4 Å². The van der Waals surface area contributed by atoms with E-state index in [1.807, 2.05) is 13.8 Å². The Morgan fingerprint density at radius 3 is 2.21 bits per heavy atom. The minimum absolute atomic E-state index is 0.0404. The lowest BCUT2D eigenvalue weighted by Gasteiger charge is -2.11. The third kappa shape index (κ3) is 6.84. The number of amides is 1. The number of carbonyl (C=O) groups is 2. The molecule has 0 saturated carbocycles. The minimum atomic E-state index is -3.89. The second kappa shape index (κ2) is 10.1. The lowest BCUT2D eigenvalue weighted by Crippen LogP contribution is -2.31. The summed E-state index contributed by atoms with van der Waals surface area (Å²) in [7, 11) is -3.89. The highest BCUT2D eigenvalue weighted by atomic mass is 79.9. The molecule has 10 heteroatoms. The van der Waals surface area contributed by atoms with Gasteiger partial charge in [0.25, 0.3) is 5.91 Å². The lowest BCUT2D eigenvalue weighted by atomic mass is 10.2. The number of thiol groups is 1.